The number of ether oxygens (including phenoxy) is 3. The maximum absolute atomic E-state index is 12.7. The minimum absolute atomic E-state index is 0.145. The van der Waals surface area contributed by atoms with Gasteiger partial charge < -0.3 is 14.2 Å². The summed E-state index contributed by atoms with van der Waals surface area (Å²) >= 11 is 0. The van der Waals surface area contributed by atoms with Crippen LogP contribution in [0.4, 0.5) is 0 Å². The minimum atomic E-state index is -0.846. The number of carbonyl (C=O) groups excluding carboxylic acids is 3. The number of hydrogen-bond donors (Lipinski definition) is 0. The summed E-state index contributed by atoms with van der Waals surface area (Å²) < 4.78 is 16.6. The van der Waals surface area contributed by atoms with Gasteiger partial charge in [-0.05, 0) is 103 Å². The van der Waals surface area contributed by atoms with Crippen LogP contribution < -0.4 is 0 Å². The number of hydrogen-bond acceptors (Lipinski definition) is 6. The summed E-state index contributed by atoms with van der Waals surface area (Å²) in [6.07, 6.45) is 65.6. The molecule has 59 heavy (non-hydrogen) atoms. The van der Waals surface area contributed by atoms with E-state index in [-0.39, 0.29) is 50.4 Å². The lowest BCUT2D eigenvalue weighted by atomic mass is 10.1. The molecular weight excluding hydrogens is 733 g/mol. The molecule has 0 bridgehead atoms. The van der Waals surface area contributed by atoms with Gasteiger partial charge in [-0.2, -0.15) is 0 Å². The maximum Gasteiger partial charge on any atom is 0.306 e. The summed E-state index contributed by atoms with van der Waals surface area (Å²) in [5, 5.41) is 0. The molecule has 0 spiro atoms. The molecule has 0 aromatic carbocycles. The van der Waals surface area contributed by atoms with Crippen molar-refractivity contribution in [3.05, 3.63) is 146 Å². The Kier molecular flexibility index (Phi) is 42.3. The van der Waals surface area contributed by atoms with Crippen LogP contribution >= 0.6 is 0 Å². The Morgan fingerprint density at radius 3 is 1.15 bits per heavy atom. The summed E-state index contributed by atoms with van der Waals surface area (Å²) in [6, 6.07) is 0. The number of esters is 3. The highest BCUT2D eigenvalue weighted by Crippen LogP contribution is 2.09. The normalized spacial score (nSPS) is 13.5. The molecule has 0 aliphatic carbocycles. The zero-order chi connectivity index (χ0) is 43.0. The van der Waals surface area contributed by atoms with Crippen molar-refractivity contribution in [2.24, 2.45) is 0 Å². The molecule has 6 nitrogen and oxygen atoms in total. The van der Waals surface area contributed by atoms with Gasteiger partial charge in [0, 0.05) is 19.3 Å². The molecule has 0 fully saturated rings. The van der Waals surface area contributed by atoms with Crippen LogP contribution in [-0.4, -0.2) is 37.2 Å². The predicted molar refractivity (Wildman–Crippen MR) is 251 cm³/mol. The lowest BCUT2D eigenvalue weighted by Gasteiger charge is -2.18. The van der Waals surface area contributed by atoms with Gasteiger partial charge in [-0.25, -0.2) is 0 Å². The average Bonchev–Trinajstić information content (AvgIpc) is 3.23. The molecule has 1 unspecified atom stereocenters. The van der Waals surface area contributed by atoms with Gasteiger partial charge >= 0.3 is 17.9 Å². The second-order valence-corrected chi connectivity index (χ2v) is 13.9. The number of allylic oxidation sites excluding steroid dienone is 24. The third kappa shape index (κ3) is 44.2. The third-order valence-corrected chi connectivity index (χ3v) is 8.41. The van der Waals surface area contributed by atoms with E-state index in [9.17, 15) is 14.4 Å². The molecule has 0 amide bonds. The van der Waals surface area contributed by atoms with Crippen LogP contribution in [0.1, 0.15) is 149 Å². The Morgan fingerprint density at radius 2 is 0.712 bits per heavy atom. The van der Waals surface area contributed by atoms with Crippen molar-refractivity contribution in [2.75, 3.05) is 13.2 Å². The highest BCUT2D eigenvalue weighted by Gasteiger charge is 2.19. The summed E-state index contributed by atoms with van der Waals surface area (Å²) in [7, 11) is 0. The van der Waals surface area contributed by atoms with Crippen LogP contribution in [-0.2, 0) is 28.6 Å². The molecule has 0 heterocycles. The van der Waals surface area contributed by atoms with Gasteiger partial charge in [0.1, 0.15) is 13.2 Å². The molecule has 326 valence electrons. The fourth-order valence-corrected chi connectivity index (χ4v) is 5.16. The van der Waals surface area contributed by atoms with Crippen LogP contribution in [0.3, 0.4) is 0 Å². The Labute approximate surface area is 359 Å². The van der Waals surface area contributed by atoms with E-state index in [2.05, 4.69) is 130 Å². The topological polar surface area (TPSA) is 78.9 Å². The number of rotatable bonds is 37. The van der Waals surface area contributed by atoms with Crippen LogP contribution in [0, 0.1) is 0 Å². The standard InChI is InChI=1S/C53H78O6/c1-4-7-10-13-16-19-22-24-25-26-27-29-31-34-37-40-43-46-52(55)58-49-50(48-57-51(54)45-42-39-36-33-30-21-18-15-12-9-6-3)59-53(56)47-44-41-38-35-32-28-23-20-17-14-11-8-5-2/h7-12,14,16-21,23-25,27-29,32-34,36-37,50H,4-6,13,15,22,26,30-31,35,38-49H2,1-3H3/b10-7-,11-8-,12-9-,17-14-,19-16-,21-18-,23-20-,25-24-,29-27-,32-28-,36-33-,37-34-. The molecule has 0 rings (SSSR count). The molecule has 0 saturated heterocycles. The highest BCUT2D eigenvalue weighted by atomic mass is 16.6. The summed E-state index contributed by atoms with van der Waals surface area (Å²) in [4.78, 5) is 37.7. The van der Waals surface area contributed by atoms with Crippen LogP contribution in [0.2, 0.25) is 0 Å². The quantitative estimate of drug-likeness (QED) is 0.0204. The molecule has 0 aliphatic rings. The van der Waals surface area contributed by atoms with Gasteiger partial charge in [-0.1, -0.05) is 173 Å². The first-order valence-electron chi connectivity index (χ1n) is 22.4. The molecule has 0 N–H and O–H groups in total. The summed E-state index contributed by atoms with van der Waals surface area (Å²) in [5.41, 5.74) is 0. The fraction of sp³-hybridized carbons (Fsp3) is 0.491. The Morgan fingerprint density at radius 1 is 0.356 bits per heavy atom. The zero-order valence-corrected chi connectivity index (χ0v) is 36.9. The second-order valence-electron chi connectivity index (χ2n) is 13.9. The minimum Gasteiger partial charge on any atom is -0.462 e. The van der Waals surface area contributed by atoms with Gasteiger partial charge in [0.15, 0.2) is 6.10 Å². The molecule has 1 atom stereocenters. The van der Waals surface area contributed by atoms with Gasteiger partial charge in [0.25, 0.3) is 0 Å². The number of unbranched alkanes of at least 4 members (excludes halogenated alkanes) is 5. The van der Waals surface area contributed by atoms with Gasteiger partial charge in [0.05, 0.1) is 0 Å². The molecule has 6 heteroatoms. The van der Waals surface area contributed by atoms with E-state index < -0.39 is 6.10 Å². The first kappa shape index (κ1) is 54.3. The largest absolute Gasteiger partial charge is 0.462 e. The maximum atomic E-state index is 12.7. The van der Waals surface area contributed by atoms with E-state index in [0.717, 1.165) is 89.9 Å². The van der Waals surface area contributed by atoms with E-state index in [0.29, 0.717) is 19.3 Å². The fourth-order valence-electron chi connectivity index (χ4n) is 5.16. The first-order valence-corrected chi connectivity index (χ1v) is 22.4. The van der Waals surface area contributed by atoms with E-state index in [1.54, 1.807) is 0 Å². The van der Waals surface area contributed by atoms with Crippen LogP contribution in [0.25, 0.3) is 0 Å². The monoisotopic (exact) mass is 811 g/mol. The van der Waals surface area contributed by atoms with Gasteiger partial charge in [-0.15, -0.1) is 0 Å². The molecule has 0 aliphatic heterocycles. The first-order chi connectivity index (χ1) is 29.0. The average molecular weight is 811 g/mol. The highest BCUT2D eigenvalue weighted by molar-refractivity contribution is 5.71. The van der Waals surface area contributed by atoms with Crippen molar-refractivity contribution in [2.45, 2.75) is 155 Å². The predicted octanol–water partition coefficient (Wildman–Crippen LogP) is 14.5. The molecule has 0 aromatic rings. The van der Waals surface area contributed by atoms with Gasteiger partial charge in [0.2, 0.25) is 0 Å². The smallest absolute Gasteiger partial charge is 0.306 e. The Balaban J connectivity index is 4.63. The molecule has 0 radical (unpaired) electrons. The Bertz CT molecular complexity index is 1390. The van der Waals surface area contributed by atoms with Gasteiger partial charge in [-0.3, -0.25) is 14.4 Å². The lowest BCUT2D eigenvalue weighted by molar-refractivity contribution is -0.167. The van der Waals surface area contributed by atoms with Crippen molar-refractivity contribution >= 4 is 17.9 Å². The van der Waals surface area contributed by atoms with E-state index >= 15 is 0 Å². The zero-order valence-electron chi connectivity index (χ0n) is 36.9. The molecular formula is C53H78O6. The van der Waals surface area contributed by atoms with Crippen molar-refractivity contribution in [1.82, 2.24) is 0 Å². The summed E-state index contributed by atoms with van der Waals surface area (Å²) in [5.74, 6) is -1.11. The van der Waals surface area contributed by atoms with Crippen molar-refractivity contribution < 1.29 is 28.6 Å². The summed E-state index contributed by atoms with van der Waals surface area (Å²) in [6.45, 7) is 6.08. The van der Waals surface area contributed by atoms with E-state index in [1.807, 2.05) is 36.5 Å². The molecule has 0 aromatic heterocycles. The van der Waals surface area contributed by atoms with Crippen molar-refractivity contribution in [3.63, 3.8) is 0 Å². The second kappa shape index (κ2) is 46.0. The van der Waals surface area contributed by atoms with E-state index in [1.165, 1.54) is 0 Å². The van der Waals surface area contributed by atoms with Crippen molar-refractivity contribution in [3.8, 4) is 0 Å². The SMILES string of the molecule is CC\C=C/C=C\C=C/C=C\CCCCCC(=O)OC(COC(=O)CCC/C=C\C/C=C\C/C=C\CC)COC(=O)CCC/C=C\C/C=C\C/C=C\C/C=C\C/C=C\CC. The Hall–Kier alpha value is -4.71. The van der Waals surface area contributed by atoms with Crippen molar-refractivity contribution in [1.29, 1.82) is 0 Å². The van der Waals surface area contributed by atoms with E-state index in [4.69, 9.17) is 14.2 Å². The lowest BCUT2D eigenvalue weighted by Crippen LogP contribution is -2.30. The van der Waals surface area contributed by atoms with Crippen LogP contribution in [0.5, 0.6) is 0 Å². The third-order valence-electron chi connectivity index (χ3n) is 8.41. The number of carbonyl (C=O) groups is 3. The molecule has 0 saturated carbocycles. The van der Waals surface area contributed by atoms with Crippen LogP contribution in [0.15, 0.2) is 146 Å².